The molecule has 0 atom stereocenters. The Bertz CT molecular complexity index is 642. The van der Waals surface area contributed by atoms with Crippen molar-refractivity contribution in [3.05, 3.63) is 40.8 Å². The predicted molar refractivity (Wildman–Crippen MR) is 117 cm³/mol. The molecule has 0 aliphatic carbocycles. The fourth-order valence-corrected chi connectivity index (χ4v) is 2.81. The van der Waals surface area contributed by atoms with Crippen molar-refractivity contribution in [3.8, 4) is 0 Å². The first-order chi connectivity index (χ1) is 12.1. The summed E-state index contributed by atoms with van der Waals surface area (Å²) in [4.78, 5) is 19.0. The molecule has 9 heteroatoms. The number of aliphatic imine (C=N–C) groups is 1. The monoisotopic (exact) mass is 490 g/mol. The van der Waals surface area contributed by atoms with Gasteiger partial charge in [-0.05, 0) is 30.4 Å². The SMILES string of the molecule is CN(C)C(=O)CN=C(NCCCn1cccn1)NCCc1cccs1.I. The molecule has 2 rings (SSSR count). The van der Waals surface area contributed by atoms with Crippen LogP contribution in [0.1, 0.15) is 11.3 Å². The van der Waals surface area contributed by atoms with Gasteiger partial charge < -0.3 is 15.5 Å². The van der Waals surface area contributed by atoms with Gasteiger partial charge in [0, 0.05) is 51.0 Å². The second-order valence-electron chi connectivity index (χ2n) is 5.76. The van der Waals surface area contributed by atoms with Crippen molar-refractivity contribution in [1.82, 2.24) is 25.3 Å². The van der Waals surface area contributed by atoms with E-state index in [0.717, 1.165) is 32.5 Å². The summed E-state index contributed by atoms with van der Waals surface area (Å²) in [6.45, 7) is 2.53. The second-order valence-corrected chi connectivity index (χ2v) is 6.79. The Morgan fingerprint density at radius 1 is 1.31 bits per heavy atom. The van der Waals surface area contributed by atoms with Gasteiger partial charge in [0.2, 0.25) is 5.91 Å². The summed E-state index contributed by atoms with van der Waals surface area (Å²) >= 11 is 1.75. The van der Waals surface area contributed by atoms with E-state index in [2.05, 4.69) is 38.2 Å². The minimum Gasteiger partial charge on any atom is -0.356 e. The number of carbonyl (C=O) groups is 1. The molecule has 0 saturated carbocycles. The minimum atomic E-state index is -0.0177. The first kappa shape index (κ1) is 22.4. The first-order valence-electron chi connectivity index (χ1n) is 8.37. The topological polar surface area (TPSA) is 74.5 Å². The van der Waals surface area contributed by atoms with Crippen LogP contribution in [0.4, 0.5) is 0 Å². The van der Waals surface area contributed by atoms with Gasteiger partial charge in [-0.2, -0.15) is 5.10 Å². The Hall–Kier alpha value is -1.62. The van der Waals surface area contributed by atoms with Crippen LogP contribution in [0.3, 0.4) is 0 Å². The summed E-state index contributed by atoms with van der Waals surface area (Å²) < 4.78 is 1.90. The molecule has 0 fully saturated rings. The van der Waals surface area contributed by atoms with E-state index < -0.39 is 0 Å². The lowest BCUT2D eigenvalue weighted by atomic mass is 10.3. The van der Waals surface area contributed by atoms with Gasteiger partial charge in [0.1, 0.15) is 6.54 Å². The van der Waals surface area contributed by atoms with E-state index in [1.807, 2.05) is 16.9 Å². The number of hydrogen-bond acceptors (Lipinski definition) is 4. The van der Waals surface area contributed by atoms with Gasteiger partial charge in [0.25, 0.3) is 0 Å². The Morgan fingerprint density at radius 3 is 2.77 bits per heavy atom. The number of thiophene rings is 1. The number of nitrogens with one attached hydrogen (secondary N) is 2. The number of hydrogen-bond donors (Lipinski definition) is 2. The van der Waals surface area contributed by atoms with Crippen molar-refractivity contribution in [2.75, 3.05) is 33.7 Å². The second kappa shape index (κ2) is 12.7. The summed E-state index contributed by atoms with van der Waals surface area (Å²) in [6.07, 6.45) is 5.59. The maximum Gasteiger partial charge on any atom is 0.243 e. The molecule has 2 aromatic heterocycles. The number of amides is 1. The number of carbonyl (C=O) groups excluding carboxylic acids is 1. The minimum absolute atomic E-state index is 0. The highest BCUT2D eigenvalue weighted by molar-refractivity contribution is 14.0. The van der Waals surface area contributed by atoms with Crippen LogP contribution in [0, 0.1) is 0 Å². The van der Waals surface area contributed by atoms with Crippen LogP contribution in [-0.4, -0.2) is 60.3 Å². The molecule has 0 aliphatic rings. The Kier molecular flexibility index (Phi) is 10.9. The fourth-order valence-electron chi connectivity index (χ4n) is 2.10. The van der Waals surface area contributed by atoms with Crippen molar-refractivity contribution in [2.24, 2.45) is 4.99 Å². The number of guanidine groups is 1. The maximum atomic E-state index is 11.7. The molecule has 0 saturated heterocycles. The zero-order chi connectivity index (χ0) is 17.9. The molecule has 0 spiro atoms. The van der Waals surface area contributed by atoms with Gasteiger partial charge in [-0.25, -0.2) is 4.99 Å². The van der Waals surface area contributed by atoms with Gasteiger partial charge >= 0.3 is 0 Å². The van der Waals surface area contributed by atoms with Crippen LogP contribution < -0.4 is 10.6 Å². The Balaban J connectivity index is 0.00000338. The van der Waals surface area contributed by atoms with E-state index in [0.29, 0.717) is 5.96 Å². The number of halogens is 1. The summed E-state index contributed by atoms with van der Waals surface area (Å²) in [5.74, 6) is 0.656. The van der Waals surface area contributed by atoms with Gasteiger partial charge in [0.15, 0.2) is 5.96 Å². The third-order valence-corrected chi connectivity index (χ3v) is 4.47. The van der Waals surface area contributed by atoms with Gasteiger partial charge in [-0.3, -0.25) is 9.48 Å². The fraction of sp³-hybridized carbons (Fsp3) is 0.471. The molecule has 7 nitrogen and oxygen atoms in total. The van der Waals surface area contributed by atoms with E-state index in [9.17, 15) is 4.79 Å². The molecule has 26 heavy (non-hydrogen) atoms. The van der Waals surface area contributed by atoms with E-state index in [1.54, 1.807) is 36.5 Å². The summed E-state index contributed by atoms with van der Waals surface area (Å²) in [5, 5.41) is 12.8. The zero-order valence-corrected chi connectivity index (χ0v) is 18.4. The highest BCUT2D eigenvalue weighted by atomic mass is 127. The Labute approximate surface area is 175 Å². The highest BCUT2D eigenvalue weighted by Crippen LogP contribution is 2.07. The van der Waals surface area contributed by atoms with Crippen molar-refractivity contribution < 1.29 is 4.79 Å². The van der Waals surface area contributed by atoms with Crippen molar-refractivity contribution in [2.45, 2.75) is 19.4 Å². The zero-order valence-electron chi connectivity index (χ0n) is 15.2. The first-order valence-corrected chi connectivity index (χ1v) is 9.25. The predicted octanol–water partition coefficient (Wildman–Crippen LogP) is 1.82. The van der Waals surface area contributed by atoms with E-state index in [4.69, 9.17) is 0 Å². The molecular formula is C17H27IN6OS. The number of rotatable bonds is 9. The molecular weight excluding hydrogens is 463 g/mol. The molecule has 2 N–H and O–H groups in total. The van der Waals surface area contributed by atoms with E-state index in [-0.39, 0.29) is 36.4 Å². The van der Waals surface area contributed by atoms with E-state index >= 15 is 0 Å². The number of likely N-dealkylation sites (N-methyl/N-ethyl adjacent to an activating group) is 1. The lowest BCUT2D eigenvalue weighted by Gasteiger charge is -2.13. The molecule has 1 amide bonds. The van der Waals surface area contributed by atoms with Crippen LogP contribution >= 0.6 is 35.3 Å². The maximum absolute atomic E-state index is 11.7. The van der Waals surface area contributed by atoms with Gasteiger partial charge in [-0.1, -0.05) is 6.07 Å². The third-order valence-electron chi connectivity index (χ3n) is 3.53. The molecule has 0 aromatic carbocycles. The van der Waals surface area contributed by atoms with Crippen LogP contribution in [0.5, 0.6) is 0 Å². The molecule has 0 radical (unpaired) electrons. The molecule has 2 heterocycles. The lowest BCUT2D eigenvalue weighted by molar-refractivity contribution is -0.127. The van der Waals surface area contributed by atoms with Crippen molar-refractivity contribution in [1.29, 1.82) is 0 Å². The quantitative estimate of drug-likeness (QED) is 0.244. The summed E-state index contributed by atoms with van der Waals surface area (Å²) in [6, 6.07) is 6.09. The average molecular weight is 490 g/mol. The van der Waals surface area contributed by atoms with Gasteiger partial charge in [-0.15, -0.1) is 35.3 Å². The largest absolute Gasteiger partial charge is 0.356 e. The molecule has 0 bridgehead atoms. The smallest absolute Gasteiger partial charge is 0.243 e. The highest BCUT2D eigenvalue weighted by Gasteiger charge is 2.04. The normalized spacial score (nSPS) is 10.9. The Morgan fingerprint density at radius 2 is 2.12 bits per heavy atom. The third kappa shape index (κ3) is 8.65. The van der Waals surface area contributed by atoms with E-state index in [1.165, 1.54) is 4.88 Å². The van der Waals surface area contributed by atoms with Gasteiger partial charge in [0.05, 0.1) is 0 Å². The van der Waals surface area contributed by atoms with Crippen molar-refractivity contribution >= 4 is 47.2 Å². The average Bonchev–Trinajstić information content (AvgIpc) is 3.29. The summed E-state index contributed by atoms with van der Waals surface area (Å²) in [5.41, 5.74) is 0. The molecule has 144 valence electrons. The summed E-state index contributed by atoms with van der Waals surface area (Å²) in [7, 11) is 3.47. The number of nitrogens with zero attached hydrogens (tertiary/aromatic N) is 4. The standard InChI is InChI=1S/C17H26N6OS.HI/c1-22(2)16(24)14-20-17(19-10-7-15-6-3-13-25-15)18-8-4-11-23-12-5-9-21-23;/h3,5-6,9,12-13H,4,7-8,10-11,14H2,1-2H3,(H2,18,19,20);1H. The van der Waals surface area contributed by atoms with Crippen LogP contribution in [0.15, 0.2) is 41.0 Å². The van der Waals surface area contributed by atoms with Crippen molar-refractivity contribution in [3.63, 3.8) is 0 Å². The number of aryl methyl sites for hydroxylation is 1. The van der Waals surface area contributed by atoms with Crippen LogP contribution in [-0.2, 0) is 17.8 Å². The number of aromatic nitrogens is 2. The van der Waals surface area contributed by atoms with Crippen LogP contribution in [0.2, 0.25) is 0 Å². The molecule has 0 unspecified atom stereocenters. The molecule has 2 aromatic rings. The lowest BCUT2D eigenvalue weighted by Crippen LogP contribution is -2.40. The molecule has 0 aliphatic heterocycles. The van der Waals surface area contributed by atoms with Crippen LogP contribution in [0.25, 0.3) is 0 Å².